The number of carbonyl (C=O) groups is 1. The summed E-state index contributed by atoms with van der Waals surface area (Å²) in [5.74, 6) is -0.819. The number of hydrogen-bond donors (Lipinski definition) is 1. The Labute approximate surface area is 115 Å². The van der Waals surface area contributed by atoms with Crippen molar-refractivity contribution in [1.82, 2.24) is 19.3 Å². The topological polar surface area (TPSA) is 72.9 Å². The third kappa shape index (κ3) is 3.37. The molecule has 19 heavy (non-hydrogen) atoms. The molecule has 0 unspecified atom stereocenters. The van der Waals surface area contributed by atoms with E-state index in [0.29, 0.717) is 11.7 Å². The molecule has 0 aliphatic rings. The number of aryl methyl sites for hydroxylation is 2. The zero-order valence-corrected chi connectivity index (χ0v) is 11.7. The van der Waals surface area contributed by atoms with Crippen LogP contribution in [0.3, 0.4) is 0 Å². The van der Waals surface area contributed by atoms with E-state index in [1.54, 1.807) is 10.9 Å². The maximum atomic E-state index is 10.6. The summed E-state index contributed by atoms with van der Waals surface area (Å²) in [7, 11) is 1.90. The third-order valence-corrected chi connectivity index (χ3v) is 3.66. The van der Waals surface area contributed by atoms with E-state index in [9.17, 15) is 4.79 Å². The second-order valence-electron chi connectivity index (χ2n) is 4.15. The van der Waals surface area contributed by atoms with Gasteiger partial charge >= 0.3 is 5.97 Å². The lowest BCUT2D eigenvalue weighted by Gasteiger charge is -2.06. The van der Waals surface area contributed by atoms with E-state index < -0.39 is 5.97 Å². The summed E-state index contributed by atoms with van der Waals surface area (Å²) < 4.78 is 3.75. The van der Waals surface area contributed by atoms with Gasteiger partial charge in [0.05, 0.1) is 18.0 Å². The first-order valence-electron chi connectivity index (χ1n) is 5.97. The minimum absolute atomic E-state index is 0.0185. The molecule has 2 rings (SSSR count). The number of aromatic nitrogens is 4. The van der Waals surface area contributed by atoms with Crippen LogP contribution in [0, 0.1) is 0 Å². The number of carboxylic acids is 1. The highest BCUT2D eigenvalue weighted by atomic mass is 32.2. The molecular formula is C12H16N4O2S. The second kappa shape index (κ2) is 5.92. The van der Waals surface area contributed by atoms with Crippen LogP contribution in [0.5, 0.6) is 0 Å². The number of rotatable bonds is 6. The second-order valence-corrected chi connectivity index (χ2v) is 5.09. The summed E-state index contributed by atoms with van der Waals surface area (Å²) in [6.07, 6.45) is 6.41. The van der Waals surface area contributed by atoms with Crippen LogP contribution in [-0.4, -0.2) is 36.2 Å². The molecule has 7 heteroatoms. The molecular weight excluding hydrogens is 264 g/mol. The van der Waals surface area contributed by atoms with Gasteiger partial charge in [0, 0.05) is 31.2 Å². The fraction of sp³-hybridized carbons (Fsp3) is 0.417. The molecule has 0 radical (unpaired) electrons. The molecule has 1 N–H and O–H groups in total. The van der Waals surface area contributed by atoms with Crippen LogP contribution >= 0.6 is 11.8 Å². The van der Waals surface area contributed by atoms with Crippen molar-refractivity contribution < 1.29 is 9.90 Å². The fourth-order valence-corrected chi connectivity index (χ4v) is 2.56. The average molecular weight is 280 g/mol. The van der Waals surface area contributed by atoms with E-state index in [0.717, 1.165) is 17.7 Å². The third-order valence-electron chi connectivity index (χ3n) is 2.67. The van der Waals surface area contributed by atoms with Crippen LogP contribution in [0.4, 0.5) is 0 Å². The monoisotopic (exact) mass is 280 g/mol. The zero-order valence-electron chi connectivity index (χ0n) is 10.9. The SMILES string of the molecule is CCc1nn(C)cc1Cn1ccnc1SCC(=O)O. The van der Waals surface area contributed by atoms with Crippen LogP contribution in [0.15, 0.2) is 23.7 Å². The average Bonchev–Trinajstić information content (AvgIpc) is 2.93. The van der Waals surface area contributed by atoms with Crippen molar-refractivity contribution in [3.63, 3.8) is 0 Å². The molecule has 2 aromatic heterocycles. The van der Waals surface area contributed by atoms with Crippen LogP contribution in [0.2, 0.25) is 0 Å². The molecule has 102 valence electrons. The van der Waals surface area contributed by atoms with Crippen LogP contribution in [-0.2, 0) is 24.8 Å². The maximum Gasteiger partial charge on any atom is 0.313 e. The molecule has 2 heterocycles. The lowest BCUT2D eigenvalue weighted by molar-refractivity contribution is -0.133. The first-order valence-corrected chi connectivity index (χ1v) is 6.95. The minimum atomic E-state index is -0.838. The first-order chi connectivity index (χ1) is 9.10. The summed E-state index contributed by atoms with van der Waals surface area (Å²) in [5, 5.41) is 13.8. The number of hydrogen-bond acceptors (Lipinski definition) is 4. The summed E-state index contributed by atoms with van der Waals surface area (Å²) in [6, 6.07) is 0. The van der Waals surface area contributed by atoms with Crippen LogP contribution in [0.25, 0.3) is 0 Å². The molecule has 0 spiro atoms. The molecule has 0 saturated carbocycles. The Kier molecular flexibility index (Phi) is 4.26. The van der Waals surface area contributed by atoms with Gasteiger partial charge in [0.25, 0.3) is 0 Å². The van der Waals surface area contributed by atoms with Gasteiger partial charge in [-0.15, -0.1) is 0 Å². The van der Waals surface area contributed by atoms with E-state index in [1.807, 2.05) is 24.0 Å². The lowest BCUT2D eigenvalue weighted by atomic mass is 10.2. The highest BCUT2D eigenvalue weighted by Gasteiger charge is 2.10. The Morgan fingerprint density at radius 3 is 3.00 bits per heavy atom. The molecule has 2 aromatic rings. The van der Waals surface area contributed by atoms with Crippen LogP contribution < -0.4 is 0 Å². The van der Waals surface area contributed by atoms with E-state index in [1.165, 1.54) is 11.8 Å². The van der Waals surface area contributed by atoms with Gasteiger partial charge in [-0.05, 0) is 6.42 Å². The van der Waals surface area contributed by atoms with Crippen molar-refractivity contribution in [2.75, 3.05) is 5.75 Å². The quantitative estimate of drug-likeness (QED) is 0.810. The van der Waals surface area contributed by atoms with Gasteiger partial charge in [-0.25, -0.2) is 4.98 Å². The Balaban J connectivity index is 2.14. The van der Waals surface area contributed by atoms with Gasteiger partial charge in [0.2, 0.25) is 0 Å². The van der Waals surface area contributed by atoms with Crippen molar-refractivity contribution in [2.45, 2.75) is 25.0 Å². The fourth-order valence-electron chi connectivity index (χ4n) is 1.88. The van der Waals surface area contributed by atoms with Gasteiger partial charge in [-0.3, -0.25) is 9.48 Å². The largest absolute Gasteiger partial charge is 0.481 e. The summed E-state index contributed by atoms with van der Waals surface area (Å²) in [6.45, 7) is 2.73. The van der Waals surface area contributed by atoms with Gasteiger partial charge in [0.15, 0.2) is 5.16 Å². The smallest absolute Gasteiger partial charge is 0.313 e. The van der Waals surface area contributed by atoms with Gasteiger partial charge in [-0.2, -0.15) is 5.10 Å². The van der Waals surface area contributed by atoms with Gasteiger partial charge < -0.3 is 9.67 Å². The molecule has 6 nitrogen and oxygen atoms in total. The molecule has 0 aliphatic carbocycles. The predicted octanol–water partition coefficient (Wildman–Crippen LogP) is 1.40. The molecule has 0 fully saturated rings. The molecule has 0 saturated heterocycles. The molecule has 0 aliphatic heterocycles. The van der Waals surface area contributed by atoms with Crippen molar-refractivity contribution in [1.29, 1.82) is 0 Å². The molecule has 0 atom stereocenters. The summed E-state index contributed by atoms with van der Waals surface area (Å²) in [4.78, 5) is 14.8. The highest BCUT2D eigenvalue weighted by Crippen LogP contribution is 2.18. The normalized spacial score (nSPS) is 10.8. The zero-order chi connectivity index (χ0) is 13.8. The first kappa shape index (κ1) is 13.7. The van der Waals surface area contributed by atoms with Crippen molar-refractivity contribution >= 4 is 17.7 Å². The minimum Gasteiger partial charge on any atom is -0.481 e. The molecule has 0 aromatic carbocycles. The van der Waals surface area contributed by atoms with Crippen molar-refractivity contribution in [3.05, 3.63) is 29.8 Å². The van der Waals surface area contributed by atoms with Crippen molar-refractivity contribution in [3.8, 4) is 0 Å². The number of thioether (sulfide) groups is 1. The van der Waals surface area contributed by atoms with E-state index >= 15 is 0 Å². The number of nitrogens with zero attached hydrogens (tertiary/aromatic N) is 4. The van der Waals surface area contributed by atoms with E-state index in [4.69, 9.17) is 5.11 Å². The molecule has 0 bridgehead atoms. The van der Waals surface area contributed by atoms with Gasteiger partial charge in [0.1, 0.15) is 0 Å². The summed E-state index contributed by atoms with van der Waals surface area (Å²) in [5.41, 5.74) is 2.20. The predicted molar refractivity (Wildman–Crippen MR) is 72.3 cm³/mol. The lowest BCUT2D eigenvalue weighted by Crippen LogP contribution is -2.04. The van der Waals surface area contributed by atoms with E-state index in [2.05, 4.69) is 17.0 Å². The van der Waals surface area contributed by atoms with Crippen molar-refractivity contribution in [2.24, 2.45) is 7.05 Å². The van der Waals surface area contributed by atoms with Crippen LogP contribution in [0.1, 0.15) is 18.2 Å². The number of aliphatic carboxylic acids is 1. The highest BCUT2D eigenvalue weighted by molar-refractivity contribution is 7.99. The molecule has 0 amide bonds. The number of imidazole rings is 1. The Morgan fingerprint density at radius 1 is 1.53 bits per heavy atom. The number of carboxylic acid groups (broad SMARTS) is 1. The van der Waals surface area contributed by atoms with E-state index in [-0.39, 0.29) is 5.75 Å². The Bertz CT molecular complexity index is 576. The Hall–Kier alpha value is -1.76. The van der Waals surface area contributed by atoms with Gasteiger partial charge in [-0.1, -0.05) is 18.7 Å². The maximum absolute atomic E-state index is 10.6. The summed E-state index contributed by atoms with van der Waals surface area (Å²) >= 11 is 1.23. The Morgan fingerprint density at radius 2 is 2.32 bits per heavy atom. The standard InChI is InChI=1S/C12H16N4O2S/c1-3-10-9(6-15(2)14-10)7-16-5-4-13-12(16)19-8-11(17)18/h4-6H,3,7-8H2,1-2H3,(H,17,18).